The average molecular weight is 412 g/mol. The minimum Gasteiger partial charge on any atom is -0.385 e. The number of fused-ring (bicyclic) bond motifs is 1. The molecule has 0 saturated carbocycles. The summed E-state index contributed by atoms with van der Waals surface area (Å²) in [6.07, 6.45) is 0.468. The van der Waals surface area contributed by atoms with Crippen LogP contribution in [0.4, 0.5) is 0 Å². The zero-order valence-corrected chi connectivity index (χ0v) is 16.3. The van der Waals surface area contributed by atoms with Crippen LogP contribution in [0.15, 0.2) is 14.5 Å². The Bertz CT molecular complexity index is 862. The van der Waals surface area contributed by atoms with Crippen LogP contribution < -0.4 is 10.9 Å². The summed E-state index contributed by atoms with van der Waals surface area (Å²) < 4.78 is 54.7. The van der Waals surface area contributed by atoms with Crippen LogP contribution in [0.3, 0.4) is 0 Å². The summed E-state index contributed by atoms with van der Waals surface area (Å²) in [5.41, 5.74) is 5.67. The molecule has 9 nitrogen and oxygen atoms in total. The number of sulfonamides is 2. The maximum Gasteiger partial charge on any atom is 0.252 e. The third kappa shape index (κ3) is 4.04. The molecular weight excluding hydrogens is 390 g/mol. The van der Waals surface area contributed by atoms with Crippen molar-refractivity contribution in [1.29, 1.82) is 0 Å². The second-order valence-electron chi connectivity index (χ2n) is 5.86. The highest BCUT2D eigenvalue weighted by Crippen LogP contribution is 2.43. The van der Waals surface area contributed by atoms with Gasteiger partial charge < -0.3 is 10.5 Å². The number of nitrogens with zero attached hydrogens (tertiary/aromatic N) is 1. The van der Waals surface area contributed by atoms with E-state index in [0.717, 1.165) is 0 Å². The lowest BCUT2D eigenvalue weighted by Gasteiger charge is -2.34. The molecule has 1 aromatic rings. The number of methoxy groups -OCH3 is 1. The quantitative estimate of drug-likeness (QED) is 0.585. The number of primary sulfonamides is 1. The smallest absolute Gasteiger partial charge is 0.252 e. The summed E-state index contributed by atoms with van der Waals surface area (Å²) in [5, 5.41) is 5.14. The summed E-state index contributed by atoms with van der Waals surface area (Å²) in [4.78, 5) is 11.6. The normalized spacial score (nSPS) is 21.6. The Balaban J connectivity index is 2.55. The van der Waals surface area contributed by atoms with E-state index in [4.69, 9.17) is 15.6 Å². The van der Waals surface area contributed by atoms with Gasteiger partial charge in [0, 0.05) is 38.6 Å². The van der Waals surface area contributed by atoms with E-state index >= 15 is 0 Å². The minimum atomic E-state index is -4.06. The molecule has 12 heteroatoms. The predicted octanol–water partition coefficient (Wildman–Crippen LogP) is -0.359. The molecular formula is C13H21N3O6S3. The van der Waals surface area contributed by atoms with Gasteiger partial charge in [0.15, 0.2) is 0 Å². The Hall–Kier alpha value is -1.05. The highest BCUT2D eigenvalue weighted by Gasteiger charge is 2.42. The van der Waals surface area contributed by atoms with Crippen molar-refractivity contribution in [2.24, 2.45) is 16.8 Å². The molecule has 1 amide bonds. The van der Waals surface area contributed by atoms with Crippen LogP contribution in [0.2, 0.25) is 0 Å². The highest BCUT2D eigenvalue weighted by molar-refractivity contribution is 7.94. The number of thiophene rings is 1. The first-order chi connectivity index (χ1) is 11.5. The second-order valence-corrected chi connectivity index (χ2v) is 10.8. The highest BCUT2D eigenvalue weighted by atomic mass is 32.3. The lowest BCUT2D eigenvalue weighted by molar-refractivity contribution is -0.122. The maximum absolute atomic E-state index is 12.8. The van der Waals surface area contributed by atoms with Crippen molar-refractivity contribution in [2.75, 3.05) is 26.8 Å². The standard InChI is InChI=1S/C13H21N3O6S3/c1-8(12(14)17)10-7-16(4-3-5-22-2)25(20,21)13-9(10)6-11(23-13)24(15,18)19/h6,8,10H,3-5,7H2,1-2H3,(H2,14,17)(H2,15,18,19)/t8?,10-/m1/s1. The van der Waals surface area contributed by atoms with Crippen molar-refractivity contribution >= 4 is 37.3 Å². The molecule has 0 spiro atoms. The van der Waals surface area contributed by atoms with E-state index < -0.39 is 37.8 Å². The monoisotopic (exact) mass is 411 g/mol. The van der Waals surface area contributed by atoms with Crippen LogP contribution in [-0.4, -0.2) is 53.9 Å². The third-order valence-electron chi connectivity index (χ3n) is 4.17. The van der Waals surface area contributed by atoms with Crippen molar-refractivity contribution < 1.29 is 26.4 Å². The first-order valence-electron chi connectivity index (χ1n) is 7.45. The van der Waals surface area contributed by atoms with Gasteiger partial charge in [0.1, 0.15) is 8.42 Å². The number of carbonyl (C=O) groups excluding carboxylic acids is 1. The number of ether oxygens (including phenoxy) is 1. The van der Waals surface area contributed by atoms with Crippen LogP contribution >= 0.6 is 11.3 Å². The maximum atomic E-state index is 12.8. The number of carbonyl (C=O) groups is 1. The second kappa shape index (κ2) is 7.29. The van der Waals surface area contributed by atoms with Gasteiger partial charge in [0.05, 0.1) is 0 Å². The first kappa shape index (κ1) is 20.3. The Labute approximate surface area is 151 Å². The van der Waals surface area contributed by atoms with E-state index in [2.05, 4.69) is 0 Å². The largest absolute Gasteiger partial charge is 0.385 e. The molecule has 1 aliphatic heterocycles. The molecule has 1 aliphatic rings. The van der Waals surface area contributed by atoms with Gasteiger partial charge in [-0.05, 0) is 18.1 Å². The number of primary amides is 1. The van der Waals surface area contributed by atoms with Gasteiger partial charge in [-0.2, -0.15) is 4.31 Å². The molecule has 25 heavy (non-hydrogen) atoms. The molecule has 0 radical (unpaired) electrons. The van der Waals surface area contributed by atoms with E-state index in [1.54, 1.807) is 6.92 Å². The van der Waals surface area contributed by atoms with Crippen LogP contribution in [0.5, 0.6) is 0 Å². The summed E-state index contributed by atoms with van der Waals surface area (Å²) in [6, 6.07) is 1.24. The van der Waals surface area contributed by atoms with Gasteiger partial charge in [-0.1, -0.05) is 6.92 Å². The molecule has 2 rings (SSSR count). The fraction of sp³-hybridized carbons (Fsp3) is 0.615. The van der Waals surface area contributed by atoms with E-state index in [9.17, 15) is 21.6 Å². The predicted molar refractivity (Wildman–Crippen MR) is 92.0 cm³/mol. The zero-order chi connectivity index (χ0) is 19.0. The molecule has 0 aliphatic carbocycles. The van der Waals surface area contributed by atoms with E-state index in [0.29, 0.717) is 24.4 Å². The summed E-state index contributed by atoms with van der Waals surface area (Å²) in [6.45, 7) is 2.21. The van der Waals surface area contributed by atoms with Gasteiger partial charge in [-0.25, -0.2) is 22.0 Å². The number of amides is 1. The van der Waals surface area contributed by atoms with Crippen molar-refractivity contribution in [3.8, 4) is 0 Å². The molecule has 1 unspecified atom stereocenters. The summed E-state index contributed by atoms with van der Waals surface area (Å²) in [5.74, 6) is -1.79. The van der Waals surface area contributed by atoms with E-state index in [-0.39, 0.29) is 27.1 Å². The van der Waals surface area contributed by atoms with Crippen molar-refractivity contribution in [1.82, 2.24) is 4.31 Å². The Kier molecular flexibility index (Phi) is 5.91. The number of nitrogens with two attached hydrogens (primary N) is 2. The Morgan fingerprint density at radius 3 is 2.68 bits per heavy atom. The molecule has 4 N–H and O–H groups in total. The van der Waals surface area contributed by atoms with Crippen LogP contribution in [0, 0.1) is 5.92 Å². The van der Waals surface area contributed by atoms with Crippen LogP contribution in [0.1, 0.15) is 24.8 Å². The molecule has 1 aromatic heterocycles. The Morgan fingerprint density at radius 2 is 2.16 bits per heavy atom. The van der Waals surface area contributed by atoms with Crippen molar-refractivity contribution in [3.63, 3.8) is 0 Å². The van der Waals surface area contributed by atoms with Crippen LogP contribution in [-0.2, 0) is 29.6 Å². The molecule has 2 atom stereocenters. The van der Waals surface area contributed by atoms with Crippen molar-refractivity contribution in [2.45, 2.75) is 27.7 Å². The molecule has 0 saturated heterocycles. The minimum absolute atomic E-state index is 0.0456. The molecule has 0 aromatic carbocycles. The molecule has 142 valence electrons. The molecule has 0 bridgehead atoms. The topological polar surface area (TPSA) is 150 Å². The number of rotatable bonds is 7. The first-order valence-corrected chi connectivity index (χ1v) is 11.3. The van der Waals surface area contributed by atoms with Gasteiger partial charge in [0.2, 0.25) is 15.9 Å². The van der Waals surface area contributed by atoms with Gasteiger partial charge in [0.25, 0.3) is 10.0 Å². The molecule has 2 heterocycles. The summed E-state index contributed by atoms with van der Waals surface area (Å²) >= 11 is 0.599. The van der Waals surface area contributed by atoms with Crippen molar-refractivity contribution in [3.05, 3.63) is 11.6 Å². The van der Waals surface area contributed by atoms with E-state index in [1.165, 1.54) is 17.5 Å². The number of hydrogen-bond acceptors (Lipinski definition) is 7. The van der Waals surface area contributed by atoms with Gasteiger partial charge >= 0.3 is 0 Å². The third-order valence-corrected chi connectivity index (χ3v) is 9.13. The lowest BCUT2D eigenvalue weighted by Crippen LogP contribution is -2.43. The average Bonchev–Trinajstić information content (AvgIpc) is 2.95. The van der Waals surface area contributed by atoms with Crippen LogP contribution in [0.25, 0.3) is 0 Å². The number of hydrogen-bond donors (Lipinski definition) is 2. The zero-order valence-electron chi connectivity index (χ0n) is 13.8. The molecule has 0 fully saturated rings. The SMILES string of the molecule is COCCCN1C[C@H](C(C)C(N)=O)c2cc(S(N)(=O)=O)sc2S1(=O)=O. The van der Waals surface area contributed by atoms with E-state index in [1.807, 2.05) is 0 Å². The summed E-state index contributed by atoms with van der Waals surface area (Å²) in [7, 11) is -6.41. The lowest BCUT2D eigenvalue weighted by atomic mass is 9.88. The fourth-order valence-corrected chi connectivity index (χ4v) is 7.06. The fourth-order valence-electron chi connectivity index (χ4n) is 2.72. The van der Waals surface area contributed by atoms with Gasteiger partial charge in [-0.15, -0.1) is 11.3 Å². The Morgan fingerprint density at radius 1 is 1.52 bits per heavy atom. The van der Waals surface area contributed by atoms with Gasteiger partial charge in [-0.3, -0.25) is 4.79 Å².